The van der Waals surface area contributed by atoms with Crippen molar-refractivity contribution in [1.29, 1.82) is 0 Å². The summed E-state index contributed by atoms with van der Waals surface area (Å²) in [4.78, 5) is 7.39. The number of hydrogen-bond donors (Lipinski definition) is 0. The van der Waals surface area contributed by atoms with Gasteiger partial charge in [-0.05, 0) is 77.3 Å². The zero-order valence-corrected chi connectivity index (χ0v) is 26.5. The summed E-state index contributed by atoms with van der Waals surface area (Å²) in [5.74, 6) is 2.00. The largest absolute Gasteiger partial charge is 0.473 e. The Hall–Kier alpha value is -2.44. The average Bonchev–Trinajstić information content (AvgIpc) is 2.90. The van der Waals surface area contributed by atoms with E-state index in [0.29, 0.717) is 13.5 Å². The second kappa shape index (κ2) is 10.5. The van der Waals surface area contributed by atoms with Crippen LogP contribution < -0.4 is 19.3 Å². The lowest BCUT2D eigenvalue weighted by molar-refractivity contribution is 0.285. The van der Waals surface area contributed by atoms with Gasteiger partial charge in [0.25, 0.3) is 0 Å². The van der Waals surface area contributed by atoms with Crippen LogP contribution in [0.5, 0.6) is 11.5 Å². The molecule has 0 spiro atoms. The minimum absolute atomic E-state index is 0.0978. The number of anilines is 2. The molecule has 3 aromatic rings. The number of hydrogen-bond acceptors (Lipinski definition) is 6. The molecule has 0 unspecified atom stereocenters. The van der Waals surface area contributed by atoms with Gasteiger partial charge in [0.15, 0.2) is 13.5 Å². The molecule has 2 aliphatic heterocycles. The first-order valence-electron chi connectivity index (χ1n) is 13.7. The maximum absolute atomic E-state index is 6.33. The van der Waals surface area contributed by atoms with Gasteiger partial charge in [0.2, 0.25) is 0 Å². The summed E-state index contributed by atoms with van der Waals surface area (Å²) >= 11 is 3.63. The number of nitrogens with zero attached hydrogens (tertiary/aromatic N) is 2. The van der Waals surface area contributed by atoms with E-state index in [4.69, 9.17) is 9.47 Å². The normalized spacial score (nSPS) is 15.4. The van der Waals surface area contributed by atoms with E-state index in [1.54, 1.807) is 0 Å². The van der Waals surface area contributed by atoms with Gasteiger partial charge in [0.05, 0.1) is 16.3 Å². The molecule has 0 bridgehead atoms. The Morgan fingerprint density at radius 3 is 1.59 bits per heavy atom. The number of fused-ring (bicyclic) bond motifs is 2. The van der Waals surface area contributed by atoms with Crippen molar-refractivity contribution in [2.75, 3.05) is 35.8 Å². The third-order valence-corrected chi connectivity index (χ3v) is 9.31. The van der Waals surface area contributed by atoms with E-state index in [0.717, 1.165) is 24.6 Å². The minimum atomic E-state index is 0.0978. The zero-order chi connectivity index (χ0) is 28.1. The summed E-state index contributed by atoms with van der Waals surface area (Å²) in [7, 11) is 0. The van der Waals surface area contributed by atoms with Crippen molar-refractivity contribution < 1.29 is 9.47 Å². The van der Waals surface area contributed by atoms with E-state index >= 15 is 0 Å². The Labute approximate surface area is 243 Å². The maximum atomic E-state index is 6.33. The van der Waals surface area contributed by atoms with Crippen LogP contribution in [0.3, 0.4) is 0 Å². The van der Waals surface area contributed by atoms with Crippen LogP contribution in [-0.4, -0.2) is 26.0 Å². The molecule has 0 radical (unpaired) electrons. The molecule has 0 saturated heterocycles. The van der Waals surface area contributed by atoms with Gasteiger partial charge in [-0.3, -0.25) is 0 Å². The van der Waals surface area contributed by atoms with Crippen molar-refractivity contribution in [3.63, 3.8) is 0 Å². The summed E-state index contributed by atoms with van der Waals surface area (Å²) in [6, 6.07) is 15.7. The Morgan fingerprint density at radius 2 is 1.15 bits per heavy atom. The lowest BCUT2D eigenvalue weighted by Gasteiger charge is -2.38. The molecule has 0 aromatic heterocycles. The van der Waals surface area contributed by atoms with Gasteiger partial charge in [-0.25, -0.2) is 0 Å². The lowest BCUT2D eigenvalue weighted by Crippen LogP contribution is -2.35. The summed E-state index contributed by atoms with van der Waals surface area (Å²) < 4.78 is 12.7. The first-order valence-corrected chi connectivity index (χ1v) is 16.1. The molecule has 0 N–H and O–H groups in total. The fraction of sp³-hybridized carbons (Fsp3) is 0.455. The van der Waals surface area contributed by atoms with Crippen molar-refractivity contribution in [1.82, 2.24) is 0 Å². The molecule has 208 valence electrons. The van der Waals surface area contributed by atoms with Crippen molar-refractivity contribution in [3.05, 3.63) is 70.3 Å². The Balaban J connectivity index is 1.55. The van der Waals surface area contributed by atoms with Crippen LogP contribution in [0.15, 0.2) is 52.3 Å². The first kappa shape index (κ1) is 28.1. The van der Waals surface area contributed by atoms with Gasteiger partial charge in [0, 0.05) is 29.1 Å². The second-order valence-corrected chi connectivity index (χ2v) is 14.4. The number of ether oxygens (including phenoxy) is 2. The van der Waals surface area contributed by atoms with Crippen LogP contribution in [0, 0.1) is 6.92 Å². The van der Waals surface area contributed by atoms with Crippen LogP contribution >= 0.6 is 23.5 Å². The van der Waals surface area contributed by atoms with E-state index in [2.05, 4.69) is 113 Å². The van der Waals surface area contributed by atoms with Gasteiger partial charge < -0.3 is 19.3 Å². The van der Waals surface area contributed by atoms with E-state index in [1.807, 2.05) is 23.5 Å². The van der Waals surface area contributed by atoms with Crippen LogP contribution in [0.25, 0.3) is 0 Å². The Morgan fingerprint density at radius 1 is 0.667 bits per heavy atom. The molecule has 2 heterocycles. The molecular formula is C33H42N2O2S2. The van der Waals surface area contributed by atoms with Gasteiger partial charge in [-0.2, -0.15) is 0 Å². The topological polar surface area (TPSA) is 24.9 Å². The summed E-state index contributed by atoms with van der Waals surface area (Å²) in [5.41, 5.74) is 9.17. The third-order valence-electron chi connectivity index (χ3n) is 7.77. The lowest BCUT2D eigenvalue weighted by atomic mass is 9.86. The van der Waals surface area contributed by atoms with Gasteiger partial charge in [0.1, 0.15) is 11.5 Å². The summed E-state index contributed by atoms with van der Waals surface area (Å²) in [6.07, 6.45) is 4.37. The molecule has 0 fully saturated rings. The second-order valence-electron chi connectivity index (χ2n) is 12.7. The highest BCUT2D eigenvalue weighted by Gasteiger charge is 2.30. The number of rotatable bonds is 4. The number of benzene rings is 3. The third kappa shape index (κ3) is 5.47. The van der Waals surface area contributed by atoms with E-state index < -0.39 is 0 Å². The molecule has 39 heavy (non-hydrogen) atoms. The Bertz CT molecular complexity index is 1390. The Kier molecular flexibility index (Phi) is 7.58. The number of aryl methyl sites for hydroxylation is 1. The van der Waals surface area contributed by atoms with Crippen molar-refractivity contribution in [2.24, 2.45) is 0 Å². The molecule has 6 heteroatoms. The summed E-state index contributed by atoms with van der Waals surface area (Å²) in [5, 5.41) is 0. The molecule has 4 nitrogen and oxygen atoms in total. The highest BCUT2D eigenvalue weighted by Crippen LogP contribution is 2.48. The highest BCUT2D eigenvalue weighted by molar-refractivity contribution is 7.99. The fourth-order valence-corrected chi connectivity index (χ4v) is 7.18. The molecule has 5 rings (SSSR count). The van der Waals surface area contributed by atoms with Gasteiger partial charge in [-0.15, -0.1) is 23.5 Å². The molecule has 2 aliphatic rings. The van der Waals surface area contributed by atoms with E-state index in [1.165, 1.54) is 49.0 Å². The molecule has 0 atom stereocenters. The van der Waals surface area contributed by atoms with Gasteiger partial charge >= 0.3 is 0 Å². The van der Waals surface area contributed by atoms with Crippen LogP contribution in [0.2, 0.25) is 0 Å². The zero-order valence-electron chi connectivity index (χ0n) is 24.9. The van der Waals surface area contributed by atoms with E-state index in [9.17, 15) is 0 Å². The monoisotopic (exact) mass is 562 g/mol. The van der Waals surface area contributed by atoms with Crippen molar-refractivity contribution in [3.8, 4) is 11.5 Å². The van der Waals surface area contributed by atoms with Crippen LogP contribution in [0.1, 0.15) is 69.4 Å². The average molecular weight is 563 g/mol. The minimum Gasteiger partial charge on any atom is -0.473 e. The quantitative estimate of drug-likeness (QED) is 0.295. The van der Waals surface area contributed by atoms with Crippen LogP contribution in [0.4, 0.5) is 11.4 Å². The molecule has 0 amide bonds. The molecular weight excluding hydrogens is 521 g/mol. The highest BCUT2D eigenvalue weighted by atomic mass is 32.2. The maximum Gasteiger partial charge on any atom is 0.161 e. The van der Waals surface area contributed by atoms with Crippen molar-refractivity contribution >= 4 is 34.9 Å². The summed E-state index contributed by atoms with van der Waals surface area (Å²) in [6.45, 7) is 18.6. The van der Waals surface area contributed by atoms with Crippen molar-refractivity contribution in [2.45, 2.75) is 82.2 Å². The van der Waals surface area contributed by atoms with Crippen LogP contribution in [-0.2, 0) is 23.9 Å². The van der Waals surface area contributed by atoms with E-state index in [-0.39, 0.29) is 10.8 Å². The SMILES string of the molecule is CSc1cc(C)c(N2COc3ccc(C(C)(C)C)cc3C2)c(SC)c1N1COc2ccc(C(C)(C)C)cc2C1. The van der Waals surface area contributed by atoms with Gasteiger partial charge in [-0.1, -0.05) is 53.7 Å². The molecule has 0 saturated carbocycles. The molecule has 3 aromatic carbocycles. The fourth-order valence-electron chi connectivity index (χ4n) is 5.48. The smallest absolute Gasteiger partial charge is 0.161 e. The predicted molar refractivity (Wildman–Crippen MR) is 168 cm³/mol. The standard InChI is InChI=1S/C33H42N2O2S2/c1-21-14-28(38-8)30(35-18-23-16-25(33(5,6)7)11-13-27(23)37-20-35)31(39-9)29(21)34-17-22-15-24(32(2,3)4)10-12-26(22)36-19-34/h10-16H,17-20H2,1-9H3. The predicted octanol–water partition coefficient (Wildman–Crippen LogP) is 8.75. The number of thioether (sulfide) groups is 2. The first-order chi connectivity index (χ1) is 18.4. The molecule has 0 aliphatic carbocycles.